The van der Waals surface area contributed by atoms with Gasteiger partial charge in [0.15, 0.2) is 0 Å². The number of nitrogens with zero attached hydrogens (tertiary/aromatic N) is 2. The van der Waals surface area contributed by atoms with E-state index in [1.165, 1.54) is 0 Å². The summed E-state index contributed by atoms with van der Waals surface area (Å²) in [5.74, 6) is 0.538. The highest BCUT2D eigenvalue weighted by molar-refractivity contribution is 5.92. The summed E-state index contributed by atoms with van der Waals surface area (Å²) in [6.07, 6.45) is 3.88. The Labute approximate surface area is 105 Å². The van der Waals surface area contributed by atoms with E-state index in [2.05, 4.69) is 15.5 Å². The number of nitrogens with one attached hydrogen (secondary N) is 2. The Balaban J connectivity index is 1.67. The average molecular weight is 248 g/mol. The lowest BCUT2D eigenvalue weighted by Crippen LogP contribution is -2.55. The second kappa shape index (κ2) is 4.44. The Morgan fingerprint density at radius 2 is 2.33 bits per heavy atom. The normalized spacial score (nSPS) is 27.6. The van der Waals surface area contributed by atoms with Crippen LogP contribution in [0.3, 0.4) is 0 Å². The topological polar surface area (TPSA) is 78.1 Å². The number of rotatable bonds is 1. The van der Waals surface area contributed by atoms with Gasteiger partial charge in [0.1, 0.15) is 5.69 Å². The molecule has 2 atom stereocenters. The number of carbonyl (C=O) groups excluding carboxylic acids is 2. The molecule has 0 aliphatic carbocycles. The fraction of sp³-hybridized carbons (Fsp3) is 0.583. The number of fused-ring (bicyclic) bond motifs is 1. The van der Waals surface area contributed by atoms with E-state index >= 15 is 0 Å². The third-order valence-corrected chi connectivity index (χ3v) is 3.84. The van der Waals surface area contributed by atoms with Crippen molar-refractivity contribution >= 4 is 11.8 Å². The lowest BCUT2D eigenvalue weighted by Gasteiger charge is -2.41. The molecule has 0 radical (unpaired) electrons. The predicted molar refractivity (Wildman–Crippen MR) is 63.8 cm³/mol. The van der Waals surface area contributed by atoms with Crippen LogP contribution in [-0.2, 0) is 4.79 Å². The van der Waals surface area contributed by atoms with E-state index in [0.717, 1.165) is 19.4 Å². The molecule has 2 aliphatic rings. The van der Waals surface area contributed by atoms with Gasteiger partial charge in [-0.05, 0) is 24.8 Å². The first-order chi connectivity index (χ1) is 8.74. The summed E-state index contributed by atoms with van der Waals surface area (Å²) in [6, 6.07) is 1.94. The number of H-pyrrole nitrogens is 1. The van der Waals surface area contributed by atoms with Gasteiger partial charge in [0.05, 0.1) is 0 Å². The average Bonchev–Trinajstić information content (AvgIpc) is 2.91. The third-order valence-electron chi connectivity index (χ3n) is 3.84. The minimum Gasteiger partial charge on any atom is -0.353 e. The molecular weight excluding hydrogens is 232 g/mol. The predicted octanol–water partition coefficient (Wildman–Crippen LogP) is 0.150. The van der Waals surface area contributed by atoms with Gasteiger partial charge in [-0.3, -0.25) is 14.7 Å². The molecule has 2 amide bonds. The molecule has 2 saturated heterocycles. The van der Waals surface area contributed by atoms with Gasteiger partial charge in [-0.2, -0.15) is 5.10 Å². The van der Waals surface area contributed by atoms with Crippen LogP contribution in [0.1, 0.15) is 29.8 Å². The Kier molecular flexibility index (Phi) is 2.77. The Bertz CT molecular complexity index is 457. The smallest absolute Gasteiger partial charge is 0.271 e. The van der Waals surface area contributed by atoms with Crippen molar-refractivity contribution in [2.75, 3.05) is 13.1 Å². The Hall–Kier alpha value is -1.85. The quantitative estimate of drug-likeness (QED) is 0.742. The van der Waals surface area contributed by atoms with Crippen LogP contribution in [0.15, 0.2) is 12.3 Å². The van der Waals surface area contributed by atoms with Crippen molar-refractivity contribution in [3.63, 3.8) is 0 Å². The van der Waals surface area contributed by atoms with Gasteiger partial charge in [-0.15, -0.1) is 0 Å². The molecule has 6 heteroatoms. The van der Waals surface area contributed by atoms with Crippen LogP contribution in [0, 0.1) is 5.92 Å². The number of likely N-dealkylation sites (tertiary alicyclic amines) is 1. The van der Waals surface area contributed by atoms with E-state index in [-0.39, 0.29) is 17.9 Å². The number of hydrogen-bond acceptors (Lipinski definition) is 3. The first-order valence-corrected chi connectivity index (χ1v) is 6.32. The van der Waals surface area contributed by atoms with Gasteiger partial charge >= 0.3 is 0 Å². The number of piperidine rings is 2. The summed E-state index contributed by atoms with van der Waals surface area (Å²) in [5, 5.41) is 9.52. The summed E-state index contributed by atoms with van der Waals surface area (Å²) in [4.78, 5) is 25.3. The van der Waals surface area contributed by atoms with Crippen molar-refractivity contribution in [2.45, 2.75) is 25.3 Å². The number of carbonyl (C=O) groups is 2. The van der Waals surface area contributed by atoms with Crippen LogP contribution in [0.4, 0.5) is 0 Å². The van der Waals surface area contributed by atoms with Crippen molar-refractivity contribution in [3.8, 4) is 0 Å². The third kappa shape index (κ3) is 1.98. The van der Waals surface area contributed by atoms with Crippen molar-refractivity contribution in [3.05, 3.63) is 18.0 Å². The van der Waals surface area contributed by atoms with Gasteiger partial charge in [0.25, 0.3) is 5.91 Å². The highest BCUT2D eigenvalue weighted by atomic mass is 16.2. The zero-order valence-electron chi connectivity index (χ0n) is 10.1. The lowest BCUT2D eigenvalue weighted by atomic mass is 9.85. The molecule has 0 bridgehead atoms. The van der Waals surface area contributed by atoms with Crippen LogP contribution in [0.2, 0.25) is 0 Å². The fourth-order valence-electron chi connectivity index (χ4n) is 2.84. The number of hydrogen-bond donors (Lipinski definition) is 2. The second-order valence-electron chi connectivity index (χ2n) is 4.98. The summed E-state index contributed by atoms with van der Waals surface area (Å²) in [7, 11) is 0. The van der Waals surface area contributed by atoms with Gasteiger partial charge < -0.3 is 10.2 Å². The number of aromatic amines is 1. The second-order valence-corrected chi connectivity index (χ2v) is 4.98. The zero-order valence-corrected chi connectivity index (χ0v) is 10.1. The van der Waals surface area contributed by atoms with Crippen molar-refractivity contribution in [1.82, 2.24) is 20.4 Å². The Morgan fingerprint density at radius 1 is 1.44 bits per heavy atom. The summed E-state index contributed by atoms with van der Waals surface area (Å²) < 4.78 is 0. The minimum absolute atomic E-state index is 0.00264. The molecule has 1 aromatic heterocycles. The molecule has 2 N–H and O–H groups in total. The zero-order chi connectivity index (χ0) is 12.5. The molecule has 0 aromatic carbocycles. The van der Waals surface area contributed by atoms with Crippen LogP contribution in [0.5, 0.6) is 0 Å². The minimum atomic E-state index is 0.00264. The first-order valence-electron chi connectivity index (χ1n) is 6.32. The van der Waals surface area contributed by atoms with Crippen molar-refractivity contribution in [2.24, 2.45) is 5.92 Å². The molecule has 2 aliphatic heterocycles. The largest absolute Gasteiger partial charge is 0.353 e. The van der Waals surface area contributed by atoms with E-state index in [1.807, 2.05) is 4.90 Å². The Morgan fingerprint density at radius 3 is 3.11 bits per heavy atom. The molecule has 1 aromatic rings. The van der Waals surface area contributed by atoms with E-state index in [1.54, 1.807) is 12.3 Å². The van der Waals surface area contributed by atoms with Crippen molar-refractivity contribution in [1.29, 1.82) is 0 Å². The van der Waals surface area contributed by atoms with Crippen LogP contribution in [-0.4, -0.2) is 46.0 Å². The monoisotopic (exact) mass is 248 g/mol. The number of amides is 2. The standard InChI is InChI=1S/C12H16N4O2/c17-11-2-1-8-7-16(6-4-9(8)14-11)12(18)10-3-5-13-15-10/h3,5,8-9H,1-2,4,6-7H2,(H,13,15)(H,14,17). The van der Waals surface area contributed by atoms with E-state index < -0.39 is 0 Å². The van der Waals surface area contributed by atoms with E-state index in [4.69, 9.17) is 0 Å². The maximum Gasteiger partial charge on any atom is 0.271 e. The molecule has 3 rings (SSSR count). The van der Waals surface area contributed by atoms with Crippen molar-refractivity contribution < 1.29 is 9.59 Å². The molecule has 2 fully saturated rings. The van der Waals surface area contributed by atoms with E-state index in [0.29, 0.717) is 24.6 Å². The maximum absolute atomic E-state index is 12.2. The van der Waals surface area contributed by atoms with Crippen LogP contribution < -0.4 is 5.32 Å². The molecule has 3 heterocycles. The van der Waals surface area contributed by atoms with Crippen LogP contribution >= 0.6 is 0 Å². The SMILES string of the molecule is O=C1CCC2CN(C(=O)c3ccn[nH]3)CCC2N1. The highest BCUT2D eigenvalue weighted by Gasteiger charge is 2.35. The highest BCUT2D eigenvalue weighted by Crippen LogP contribution is 2.25. The van der Waals surface area contributed by atoms with Gasteiger partial charge in [-0.1, -0.05) is 0 Å². The summed E-state index contributed by atoms with van der Waals surface area (Å²) >= 11 is 0. The van der Waals surface area contributed by atoms with Gasteiger partial charge in [0.2, 0.25) is 5.91 Å². The lowest BCUT2D eigenvalue weighted by molar-refractivity contribution is -0.125. The number of aromatic nitrogens is 2. The molecule has 0 saturated carbocycles. The van der Waals surface area contributed by atoms with E-state index in [9.17, 15) is 9.59 Å². The molecule has 96 valence electrons. The molecule has 18 heavy (non-hydrogen) atoms. The summed E-state index contributed by atoms with van der Waals surface area (Å²) in [6.45, 7) is 1.42. The molecule has 6 nitrogen and oxygen atoms in total. The van der Waals surface area contributed by atoms with Gasteiger partial charge in [-0.25, -0.2) is 0 Å². The fourth-order valence-corrected chi connectivity index (χ4v) is 2.84. The molecule has 0 spiro atoms. The maximum atomic E-state index is 12.2. The molecule has 2 unspecified atom stereocenters. The first kappa shape index (κ1) is 11.3. The van der Waals surface area contributed by atoms with Gasteiger partial charge in [0, 0.05) is 31.7 Å². The summed E-state index contributed by atoms with van der Waals surface area (Å²) in [5.41, 5.74) is 0.535. The van der Waals surface area contributed by atoms with Crippen LogP contribution in [0.25, 0.3) is 0 Å². The molecular formula is C12H16N4O2.